The second kappa shape index (κ2) is 4.45. The van der Waals surface area contributed by atoms with Crippen LogP contribution in [0.25, 0.3) is 0 Å². The first kappa shape index (κ1) is 13.6. The molecule has 0 radical (unpaired) electrons. The smallest absolute Gasteiger partial charge is 0.249 e. The van der Waals surface area contributed by atoms with E-state index in [2.05, 4.69) is 4.28 Å². The van der Waals surface area contributed by atoms with Crippen molar-refractivity contribution in [3.8, 4) is 0 Å². The Kier molecular flexibility index (Phi) is 3.57. The monoisotopic (exact) mass is 277 g/mol. The molecule has 4 nitrogen and oxygen atoms in total. The van der Waals surface area contributed by atoms with Crippen LogP contribution in [0.5, 0.6) is 0 Å². The van der Waals surface area contributed by atoms with E-state index in [1.54, 1.807) is 0 Å². The fourth-order valence-corrected chi connectivity index (χ4v) is 1.06. The normalized spacial score (nSPS) is 12.5. The summed E-state index contributed by atoms with van der Waals surface area (Å²) in [6.07, 6.45) is 0. The van der Waals surface area contributed by atoms with Gasteiger partial charge in [-0.05, 0) is 12.1 Å². The van der Waals surface area contributed by atoms with E-state index in [1.165, 1.54) is 5.48 Å². The van der Waals surface area contributed by atoms with E-state index < -0.39 is 32.9 Å². The Balaban J connectivity index is 2.81. The summed E-state index contributed by atoms with van der Waals surface area (Å²) in [5.41, 5.74) is -4.96. The minimum atomic E-state index is -5.88. The van der Waals surface area contributed by atoms with Gasteiger partial charge in [-0.15, -0.1) is 4.28 Å². The van der Waals surface area contributed by atoms with Gasteiger partial charge in [0.05, 0.1) is 5.69 Å². The van der Waals surface area contributed by atoms with Crippen LogP contribution in [0.4, 0.5) is 27.6 Å². The first-order valence-corrected chi connectivity index (χ1v) is 5.24. The summed E-state index contributed by atoms with van der Waals surface area (Å²) in [5.74, 6) is -2.22. The molecule has 0 saturated heterocycles. The molecule has 96 valence electrons. The van der Waals surface area contributed by atoms with Crippen molar-refractivity contribution in [1.82, 2.24) is 0 Å². The van der Waals surface area contributed by atoms with Crippen LogP contribution in [-0.4, -0.2) is 13.9 Å². The molecule has 0 heterocycles. The Hall–Kier alpha value is -1.42. The number of anilines is 1. The molecule has 17 heavy (non-hydrogen) atoms. The van der Waals surface area contributed by atoms with Crippen molar-refractivity contribution >= 4 is 15.8 Å². The maximum absolute atomic E-state index is 12.6. The fraction of sp³-hybridized carbons (Fsp3) is 0.143. The number of benzene rings is 1. The summed E-state index contributed by atoms with van der Waals surface area (Å²) < 4.78 is 84.7. The molecule has 0 aromatic heterocycles. The van der Waals surface area contributed by atoms with Gasteiger partial charge in [-0.1, -0.05) is 0 Å². The number of halogens is 5. The Morgan fingerprint density at radius 2 is 1.53 bits per heavy atom. The van der Waals surface area contributed by atoms with Gasteiger partial charge in [0.25, 0.3) is 0 Å². The van der Waals surface area contributed by atoms with Gasteiger partial charge in [-0.2, -0.15) is 21.6 Å². The molecule has 0 aliphatic carbocycles. The number of hydrogen-bond donors (Lipinski definition) is 1. The Labute approximate surface area is 92.1 Å². The predicted octanol–water partition coefficient (Wildman–Crippen LogP) is 2.16. The fourth-order valence-electron chi connectivity index (χ4n) is 0.763. The van der Waals surface area contributed by atoms with Crippen molar-refractivity contribution in [2.75, 3.05) is 5.48 Å². The van der Waals surface area contributed by atoms with Gasteiger partial charge >= 0.3 is 15.6 Å². The molecule has 1 aromatic carbocycles. The van der Waals surface area contributed by atoms with Crippen molar-refractivity contribution in [1.29, 1.82) is 0 Å². The molecule has 0 unspecified atom stereocenters. The molecule has 0 fully saturated rings. The zero-order chi connectivity index (χ0) is 13.3. The third-order valence-electron chi connectivity index (χ3n) is 1.42. The predicted molar refractivity (Wildman–Crippen MR) is 46.0 cm³/mol. The molecule has 0 aliphatic rings. The van der Waals surface area contributed by atoms with Crippen LogP contribution in [0, 0.1) is 11.6 Å². The Morgan fingerprint density at radius 1 is 1.06 bits per heavy atom. The highest BCUT2D eigenvalue weighted by Gasteiger charge is 2.48. The quantitative estimate of drug-likeness (QED) is 0.522. The van der Waals surface area contributed by atoms with Gasteiger partial charge in [0, 0.05) is 6.07 Å². The molecule has 0 spiro atoms. The molecule has 0 aliphatic heterocycles. The summed E-state index contributed by atoms with van der Waals surface area (Å²) >= 11 is 0. The summed E-state index contributed by atoms with van der Waals surface area (Å²) in [7, 11) is -5.88. The molecule has 1 aromatic rings. The first-order valence-electron chi connectivity index (χ1n) is 3.84. The third kappa shape index (κ3) is 3.53. The van der Waals surface area contributed by atoms with Crippen molar-refractivity contribution < 1.29 is 34.7 Å². The van der Waals surface area contributed by atoms with Crippen molar-refractivity contribution in [2.45, 2.75) is 5.51 Å². The Bertz CT molecular complexity index is 492. The van der Waals surface area contributed by atoms with Crippen LogP contribution in [0.2, 0.25) is 0 Å². The molecule has 10 heteroatoms. The maximum Gasteiger partial charge on any atom is 0.525 e. The van der Waals surface area contributed by atoms with Crippen LogP contribution in [0.15, 0.2) is 18.2 Å². The SMILES string of the molecule is O=S(=O)(ONc1cc(F)cc(F)c1)C(F)(F)F. The van der Waals surface area contributed by atoms with Crippen LogP contribution >= 0.6 is 0 Å². The van der Waals surface area contributed by atoms with E-state index in [-0.39, 0.29) is 0 Å². The van der Waals surface area contributed by atoms with Gasteiger partial charge in [0.2, 0.25) is 0 Å². The highest BCUT2D eigenvalue weighted by Crippen LogP contribution is 2.25. The first-order chi connectivity index (χ1) is 7.62. The van der Waals surface area contributed by atoms with Crippen LogP contribution < -0.4 is 5.48 Å². The Morgan fingerprint density at radius 3 is 1.94 bits per heavy atom. The number of hydrogen-bond acceptors (Lipinski definition) is 4. The third-order valence-corrected chi connectivity index (χ3v) is 2.28. The number of rotatable bonds is 3. The van der Waals surface area contributed by atoms with Crippen molar-refractivity contribution in [3.63, 3.8) is 0 Å². The van der Waals surface area contributed by atoms with Gasteiger partial charge in [0.1, 0.15) is 11.6 Å². The average molecular weight is 277 g/mol. The van der Waals surface area contributed by atoms with E-state index in [1.807, 2.05) is 0 Å². The lowest BCUT2D eigenvalue weighted by Crippen LogP contribution is -2.27. The van der Waals surface area contributed by atoms with Crippen LogP contribution in [0.3, 0.4) is 0 Å². The van der Waals surface area contributed by atoms with Gasteiger partial charge in [-0.25, -0.2) is 14.3 Å². The van der Waals surface area contributed by atoms with Gasteiger partial charge < -0.3 is 0 Å². The molecule has 0 atom stereocenters. The zero-order valence-corrected chi connectivity index (χ0v) is 8.57. The van der Waals surface area contributed by atoms with E-state index in [9.17, 15) is 30.4 Å². The molecule has 1 rings (SSSR count). The minimum absolute atomic E-state index is 0.448. The van der Waals surface area contributed by atoms with Crippen LogP contribution in [0.1, 0.15) is 0 Å². The summed E-state index contributed by atoms with van der Waals surface area (Å²) in [6.45, 7) is 0. The molecular weight excluding hydrogens is 273 g/mol. The van der Waals surface area contributed by atoms with Crippen molar-refractivity contribution in [3.05, 3.63) is 29.8 Å². The highest BCUT2D eigenvalue weighted by atomic mass is 32.2. The van der Waals surface area contributed by atoms with Gasteiger partial charge in [0.15, 0.2) is 0 Å². The molecule has 0 saturated carbocycles. The topological polar surface area (TPSA) is 55.4 Å². The summed E-state index contributed by atoms with van der Waals surface area (Å²) in [4.78, 5) is 0. The number of alkyl halides is 3. The zero-order valence-electron chi connectivity index (χ0n) is 7.75. The van der Waals surface area contributed by atoms with E-state index in [4.69, 9.17) is 0 Å². The lowest BCUT2D eigenvalue weighted by Gasteiger charge is -2.09. The van der Waals surface area contributed by atoms with Crippen molar-refractivity contribution in [2.24, 2.45) is 0 Å². The summed E-state index contributed by atoms with van der Waals surface area (Å²) in [5, 5.41) is 0. The van der Waals surface area contributed by atoms with Gasteiger partial charge in [-0.3, -0.25) is 0 Å². The molecule has 0 amide bonds. The largest absolute Gasteiger partial charge is 0.525 e. The second-order valence-electron chi connectivity index (χ2n) is 2.74. The molecule has 1 N–H and O–H groups in total. The standard InChI is InChI=1S/C7H4F5NO3S/c8-4-1-5(9)3-6(2-4)13-16-17(14,15)7(10,11)12/h1-3,13H. The highest BCUT2D eigenvalue weighted by molar-refractivity contribution is 7.87. The molecular formula is C7H4F5NO3S. The van der Waals surface area contributed by atoms with E-state index >= 15 is 0 Å². The molecule has 0 bridgehead atoms. The lowest BCUT2D eigenvalue weighted by molar-refractivity contribution is -0.0526. The summed E-state index contributed by atoms with van der Waals surface area (Å²) in [6, 6.07) is 1.55. The lowest BCUT2D eigenvalue weighted by atomic mass is 10.3. The van der Waals surface area contributed by atoms with E-state index in [0.717, 1.165) is 0 Å². The average Bonchev–Trinajstić information content (AvgIpc) is 2.11. The maximum atomic E-state index is 12.6. The van der Waals surface area contributed by atoms with E-state index in [0.29, 0.717) is 18.2 Å². The minimum Gasteiger partial charge on any atom is -0.249 e. The van der Waals surface area contributed by atoms with Crippen LogP contribution in [-0.2, 0) is 14.4 Å². The number of nitrogens with one attached hydrogen (secondary N) is 1. The second-order valence-corrected chi connectivity index (χ2v) is 4.28.